The summed E-state index contributed by atoms with van der Waals surface area (Å²) in [4.78, 5) is 11.9. The second kappa shape index (κ2) is 7.31. The maximum absolute atomic E-state index is 11.9. The number of nitrogens with zero attached hydrogens (tertiary/aromatic N) is 1. The number of benzene rings is 1. The van der Waals surface area contributed by atoms with Crippen LogP contribution in [-0.4, -0.2) is 28.4 Å². The molecule has 0 spiro atoms. The van der Waals surface area contributed by atoms with Crippen molar-refractivity contribution in [2.24, 2.45) is 5.92 Å². The molecule has 0 saturated carbocycles. The van der Waals surface area contributed by atoms with Crippen LogP contribution in [-0.2, 0) is 6.54 Å². The highest BCUT2D eigenvalue weighted by molar-refractivity contribution is 5.92. The summed E-state index contributed by atoms with van der Waals surface area (Å²) in [5.41, 5.74) is 1.84. The number of rotatable bonds is 6. The van der Waals surface area contributed by atoms with E-state index in [1.54, 1.807) is 0 Å². The summed E-state index contributed by atoms with van der Waals surface area (Å²) in [6, 6.07) is 7.60. The van der Waals surface area contributed by atoms with Crippen LogP contribution in [0.1, 0.15) is 27.2 Å². The number of nitrogens with one attached hydrogen (secondary N) is 2. The lowest BCUT2D eigenvalue weighted by molar-refractivity contribution is 0.148. The van der Waals surface area contributed by atoms with Crippen LogP contribution in [0.4, 0.5) is 10.5 Å². The van der Waals surface area contributed by atoms with E-state index in [0.717, 1.165) is 23.1 Å². The maximum atomic E-state index is 11.9. The van der Waals surface area contributed by atoms with Gasteiger partial charge in [-0.1, -0.05) is 19.9 Å². The molecule has 1 unspecified atom stereocenters. The maximum Gasteiger partial charge on any atom is 0.319 e. The van der Waals surface area contributed by atoms with E-state index in [-0.39, 0.29) is 12.6 Å². The molecule has 0 bridgehead atoms. The monoisotopic (exact) mass is 303 g/mol. The topological polar surface area (TPSA) is 66.3 Å². The number of fused-ring (bicyclic) bond motifs is 1. The van der Waals surface area contributed by atoms with Crippen LogP contribution in [0.15, 0.2) is 30.5 Å². The molecule has 0 aliphatic heterocycles. The zero-order valence-electron chi connectivity index (χ0n) is 13.5. The van der Waals surface area contributed by atoms with Gasteiger partial charge in [-0.05, 0) is 42.8 Å². The number of urea groups is 1. The molecule has 2 amide bonds. The van der Waals surface area contributed by atoms with E-state index in [2.05, 4.69) is 28.2 Å². The third kappa shape index (κ3) is 4.24. The molecular formula is C17H25N3O2. The summed E-state index contributed by atoms with van der Waals surface area (Å²) >= 11 is 0. The van der Waals surface area contributed by atoms with E-state index < -0.39 is 6.10 Å². The Hall–Kier alpha value is -2.01. The molecule has 0 radical (unpaired) electrons. The molecule has 1 aromatic heterocycles. The molecular weight excluding hydrogens is 278 g/mol. The van der Waals surface area contributed by atoms with E-state index in [1.165, 1.54) is 0 Å². The SMILES string of the molecule is CCn1ccc2ccc(NC(=O)NCC(O)CC(C)C)cc21. The van der Waals surface area contributed by atoms with Crippen LogP contribution in [0, 0.1) is 5.92 Å². The summed E-state index contributed by atoms with van der Waals surface area (Å²) in [5.74, 6) is 0.407. The fourth-order valence-corrected chi connectivity index (χ4v) is 2.55. The number of aryl methyl sites for hydroxylation is 1. The van der Waals surface area contributed by atoms with Gasteiger partial charge in [-0.2, -0.15) is 0 Å². The summed E-state index contributed by atoms with van der Waals surface area (Å²) in [6.07, 6.45) is 2.21. The Morgan fingerprint density at radius 2 is 2.09 bits per heavy atom. The minimum Gasteiger partial charge on any atom is -0.391 e. The smallest absolute Gasteiger partial charge is 0.319 e. The standard InChI is InChI=1S/C17H25N3O2/c1-4-20-8-7-13-5-6-14(10-16(13)20)19-17(22)18-11-15(21)9-12(2)3/h5-8,10,12,15,21H,4,9,11H2,1-3H3,(H2,18,19,22). The van der Waals surface area contributed by atoms with Crippen molar-refractivity contribution in [1.29, 1.82) is 0 Å². The number of amides is 2. The molecule has 5 nitrogen and oxygen atoms in total. The van der Waals surface area contributed by atoms with Gasteiger partial charge in [-0.25, -0.2) is 4.79 Å². The molecule has 0 aliphatic carbocycles. The van der Waals surface area contributed by atoms with Crippen molar-refractivity contribution in [1.82, 2.24) is 9.88 Å². The Balaban J connectivity index is 1.94. The number of aliphatic hydroxyl groups is 1. The second-order valence-corrected chi connectivity index (χ2v) is 5.99. The van der Waals surface area contributed by atoms with E-state index in [0.29, 0.717) is 12.3 Å². The summed E-state index contributed by atoms with van der Waals surface area (Å²) in [5, 5.41) is 16.4. The highest BCUT2D eigenvalue weighted by Gasteiger charge is 2.09. The van der Waals surface area contributed by atoms with Gasteiger partial charge in [0.2, 0.25) is 0 Å². The number of carbonyl (C=O) groups is 1. The van der Waals surface area contributed by atoms with E-state index >= 15 is 0 Å². The minimum atomic E-state index is -0.509. The number of carbonyl (C=O) groups excluding carboxylic acids is 1. The lowest BCUT2D eigenvalue weighted by atomic mass is 10.1. The van der Waals surface area contributed by atoms with Crippen molar-refractivity contribution in [2.75, 3.05) is 11.9 Å². The average molecular weight is 303 g/mol. The van der Waals surface area contributed by atoms with Crippen LogP contribution in [0.25, 0.3) is 10.9 Å². The lowest BCUT2D eigenvalue weighted by Gasteiger charge is -2.14. The Bertz CT molecular complexity index is 634. The number of aromatic nitrogens is 1. The lowest BCUT2D eigenvalue weighted by Crippen LogP contribution is -2.35. The normalized spacial score (nSPS) is 12.6. The molecule has 0 saturated heterocycles. The minimum absolute atomic E-state index is 0.262. The van der Waals surface area contributed by atoms with Crippen LogP contribution in [0.2, 0.25) is 0 Å². The van der Waals surface area contributed by atoms with Gasteiger partial charge in [0.1, 0.15) is 0 Å². The average Bonchev–Trinajstić information content (AvgIpc) is 2.86. The highest BCUT2D eigenvalue weighted by atomic mass is 16.3. The first-order valence-corrected chi connectivity index (χ1v) is 7.81. The molecule has 2 rings (SSSR count). The molecule has 1 aromatic carbocycles. The first kappa shape index (κ1) is 16.4. The molecule has 2 aromatic rings. The van der Waals surface area contributed by atoms with Gasteiger partial charge < -0.3 is 20.3 Å². The predicted molar refractivity (Wildman–Crippen MR) is 90.1 cm³/mol. The fourth-order valence-electron chi connectivity index (χ4n) is 2.55. The Morgan fingerprint density at radius 1 is 1.32 bits per heavy atom. The van der Waals surface area contributed by atoms with Crippen molar-refractivity contribution in [3.63, 3.8) is 0 Å². The molecule has 3 N–H and O–H groups in total. The molecule has 120 valence electrons. The Morgan fingerprint density at radius 3 is 2.77 bits per heavy atom. The van der Waals surface area contributed by atoms with Crippen molar-refractivity contribution >= 4 is 22.6 Å². The number of aliphatic hydroxyl groups excluding tert-OH is 1. The number of hydrogen-bond donors (Lipinski definition) is 3. The first-order valence-electron chi connectivity index (χ1n) is 7.81. The Labute approximate surface area is 131 Å². The van der Waals surface area contributed by atoms with Gasteiger partial charge in [0, 0.05) is 25.0 Å². The van der Waals surface area contributed by atoms with Crippen LogP contribution in [0.3, 0.4) is 0 Å². The summed E-state index contributed by atoms with van der Waals surface area (Å²) < 4.78 is 2.13. The number of hydrogen-bond acceptors (Lipinski definition) is 2. The van der Waals surface area contributed by atoms with Crippen molar-refractivity contribution < 1.29 is 9.90 Å². The number of anilines is 1. The zero-order valence-corrected chi connectivity index (χ0v) is 13.5. The van der Waals surface area contributed by atoms with Gasteiger partial charge in [0.25, 0.3) is 0 Å². The molecule has 5 heteroatoms. The largest absolute Gasteiger partial charge is 0.391 e. The third-order valence-electron chi connectivity index (χ3n) is 3.61. The van der Waals surface area contributed by atoms with Gasteiger partial charge in [0.15, 0.2) is 0 Å². The van der Waals surface area contributed by atoms with E-state index in [9.17, 15) is 9.90 Å². The highest BCUT2D eigenvalue weighted by Crippen LogP contribution is 2.20. The van der Waals surface area contributed by atoms with Gasteiger partial charge in [-0.3, -0.25) is 0 Å². The van der Waals surface area contributed by atoms with Crippen LogP contribution < -0.4 is 10.6 Å². The molecule has 1 atom stereocenters. The summed E-state index contributed by atoms with van der Waals surface area (Å²) in [6.45, 7) is 7.32. The van der Waals surface area contributed by atoms with Crippen molar-refractivity contribution in [2.45, 2.75) is 39.8 Å². The van der Waals surface area contributed by atoms with Crippen LogP contribution >= 0.6 is 0 Å². The van der Waals surface area contributed by atoms with Gasteiger partial charge >= 0.3 is 6.03 Å². The third-order valence-corrected chi connectivity index (χ3v) is 3.61. The van der Waals surface area contributed by atoms with E-state index in [1.807, 2.05) is 38.2 Å². The van der Waals surface area contributed by atoms with E-state index in [4.69, 9.17) is 0 Å². The predicted octanol–water partition coefficient (Wildman–Crippen LogP) is 3.19. The fraction of sp³-hybridized carbons (Fsp3) is 0.471. The van der Waals surface area contributed by atoms with Crippen LogP contribution in [0.5, 0.6) is 0 Å². The Kier molecular flexibility index (Phi) is 5.44. The molecule has 1 heterocycles. The van der Waals surface area contributed by atoms with Crippen molar-refractivity contribution in [3.05, 3.63) is 30.5 Å². The summed E-state index contributed by atoms with van der Waals surface area (Å²) in [7, 11) is 0. The second-order valence-electron chi connectivity index (χ2n) is 5.99. The van der Waals surface area contributed by atoms with Gasteiger partial charge in [-0.15, -0.1) is 0 Å². The molecule has 0 fully saturated rings. The quantitative estimate of drug-likeness (QED) is 0.767. The van der Waals surface area contributed by atoms with Crippen molar-refractivity contribution in [3.8, 4) is 0 Å². The van der Waals surface area contributed by atoms with Gasteiger partial charge in [0.05, 0.1) is 11.6 Å². The molecule has 0 aliphatic rings. The first-order chi connectivity index (χ1) is 10.5. The zero-order chi connectivity index (χ0) is 16.1. The molecule has 22 heavy (non-hydrogen) atoms.